The van der Waals surface area contributed by atoms with Crippen LogP contribution in [0.1, 0.15) is 22.3 Å². The van der Waals surface area contributed by atoms with Gasteiger partial charge >= 0.3 is 0 Å². The second-order valence-electron chi connectivity index (χ2n) is 9.81. The molecule has 5 rings (SSSR count). The number of carbonyl (C=O) groups is 3. The molecule has 0 unspecified atom stereocenters. The van der Waals surface area contributed by atoms with Gasteiger partial charge in [0.2, 0.25) is 5.78 Å². The Bertz CT molecular complexity index is 1390. The molecule has 1 amide bonds. The number of hydrogen-bond acceptors (Lipinski definition) is 8. The number of primary amides is 1. The van der Waals surface area contributed by atoms with E-state index in [2.05, 4.69) is 0 Å². The number of hydrogen-bond donors (Lipinski definition) is 5. The van der Waals surface area contributed by atoms with E-state index >= 15 is 0 Å². The van der Waals surface area contributed by atoms with E-state index in [1.807, 2.05) is 30.3 Å². The van der Waals surface area contributed by atoms with E-state index in [4.69, 9.17) is 5.73 Å². The van der Waals surface area contributed by atoms with E-state index in [9.17, 15) is 34.8 Å². The van der Waals surface area contributed by atoms with Gasteiger partial charge in [-0.3, -0.25) is 19.3 Å². The summed E-state index contributed by atoms with van der Waals surface area (Å²) in [4.78, 5) is 40.6. The zero-order chi connectivity index (χ0) is 26.1. The molecule has 4 atom stereocenters. The van der Waals surface area contributed by atoms with Gasteiger partial charge in [0.15, 0.2) is 11.4 Å². The number of aliphatic hydroxyl groups is 3. The van der Waals surface area contributed by atoms with Gasteiger partial charge < -0.3 is 26.2 Å². The lowest BCUT2D eigenvalue weighted by Gasteiger charge is -2.50. The van der Waals surface area contributed by atoms with Gasteiger partial charge in [-0.1, -0.05) is 36.4 Å². The van der Waals surface area contributed by atoms with Gasteiger partial charge in [-0.15, -0.1) is 0 Å². The fourth-order valence-corrected chi connectivity index (χ4v) is 6.14. The Kier molecular flexibility index (Phi) is 5.31. The van der Waals surface area contributed by atoms with E-state index in [0.717, 1.165) is 11.1 Å². The molecular weight excluding hydrogens is 464 g/mol. The predicted octanol–water partition coefficient (Wildman–Crippen LogP) is 1.79. The van der Waals surface area contributed by atoms with Crippen LogP contribution in [0.3, 0.4) is 0 Å². The van der Waals surface area contributed by atoms with Crippen LogP contribution in [-0.2, 0) is 16.0 Å². The minimum Gasteiger partial charge on any atom is -0.510 e. The maximum atomic E-state index is 13.7. The summed E-state index contributed by atoms with van der Waals surface area (Å²) in [5, 5.41) is 44.4. The van der Waals surface area contributed by atoms with Crippen LogP contribution in [0, 0.1) is 11.8 Å². The molecule has 0 fully saturated rings. The fourth-order valence-electron chi connectivity index (χ4n) is 6.14. The third-order valence-electron chi connectivity index (χ3n) is 7.69. The Hall–Kier alpha value is -3.95. The molecular formula is C27H26N2O7. The first-order valence-electron chi connectivity index (χ1n) is 11.5. The number of aliphatic hydroxyl groups excluding tert-OH is 2. The topological polar surface area (TPSA) is 161 Å². The molecule has 0 heterocycles. The maximum absolute atomic E-state index is 13.7. The van der Waals surface area contributed by atoms with Crippen LogP contribution in [0.2, 0.25) is 0 Å². The number of amides is 1. The van der Waals surface area contributed by atoms with Crippen molar-refractivity contribution in [2.75, 3.05) is 14.1 Å². The molecule has 0 bridgehead atoms. The number of nitrogens with zero attached hydrogens (tertiary/aromatic N) is 1. The summed E-state index contributed by atoms with van der Waals surface area (Å²) in [5.41, 5.74) is 3.90. The molecule has 36 heavy (non-hydrogen) atoms. The Morgan fingerprint density at radius 2 is 1.72 bits per heavy atom. The predicted molar refractivity (Wildman–Crippen MR) is 129 cm³/mol. The number of phenolic OH excluding ortho intramolecular Hbond substituents is 1. The van der Waals surface area contributed by atoms with Crippen molar-refractivity contribution in [3.8, 4) is 16.9 Å². The Labute approximate surface area is 206 Å². The number of nitrogens with two attached hydrogens (primary N) is 1. The molecule has 2 aromatic rings. The Balaban J connectivity index is 1.73. The lowest BCUT2D eigenvalue weighted by molar-refractivity contribution is -0.148. The summed E-state index contributed by atoms with van der Waals surface area (Å²) >= 11 is 0. The Morgan fingerprint density at radius 3 is 2.33 bits per heavy atom. The van der Waals surface area contributed by atoms with Crippen molar-refractivity contribution in [2.24, 2.45) is 17.6 Å². The zero-order valence-corrected chi connectivity index (χ0v) is 19.7. The van der Waals surface area contributed by atoms with Crippen LogP contribution >= 0.6 is 0 Å². The van der Waals surface area contributed by atoms with Gasteiger partial charge in [0.25, 0.3) is 5.91 Å². The summed E-state index contributed by atoms with van der Waals surface area (Å²) in [7, 11) is 3.19. The maximum Gasteiger partial charge on any atom is 0.255 e. The molecule has 9 nitrogen and oxygen atoms in total. The van der Waals surface area contributed by atoms with Crippen molar-refractivity contribution in [1.29, 1.82) is 0 Å². The first kappa shape index (κ1) is 23.8. The van der Waals surface area contributed by atoms with Gasteiger partial charge in [-0.05, 0) is 55.6 Å². The normalized spacial score (nSPS) is 27.6. The number of Topliss-reactive ketones (excluding diaryl/α,β-unsaturated/α-hetero) is 2. The summed E-state index contributed by atoms with van der Waals surface area (Å²) in [5.74, 6) is -6.60. The third kappa shape index (κ3) is 3.06. The monoisotopic (exact) mass is 490 g/mol. The van der Waals surface area contributed by atoms with Crippen molar-refractivity contribution in [3.05, 3.63) is 76.3 Å². The smallest absolute Gasteiger partial charge is 0.255 e. The average Bonchev–Trinajstić information content (AvgIpc) is 2.81. The number of benzene rings is 2. The molecule has 0 aromatic heterocycles. The van der Waals surface area contributed by atoms with E-state index in [0.29, 0.717) is 5.56 Å². The number of rotatable bonds is 3. The Morgan fingerprint density at radius 1 is 1.06 bits per heavy atom. The van der Waals surface area contributed by atoms with E-state index in [-0.39, 0.29) is 29.7 Å². The summed E-state index contributed by atoms with van der Waals surface area (Å²) < 4.78 is 0. The van der Waals surface area contributed by atoms with Crippen molar-refractivity contribution in [1.82, 2.24) is 4.90 Å². The summed E-state index contributed by atoms with van der Waals surface area (Å²) in [6.45, 7) is 0. The molecule has 3 aliphatic rings. The van der Waals surface area contributed by atoms with Crippen molar-refractivity contribution >= 4 is 17.5 Å². The third-order valence-corrected chi connectivity index (χ3v) is 7.69. The molecule has 0 saturated heterocycles. The summed E-state index contributed by atoms with van der Waals surface area (Å²) in [6, 6.07) is 11.5. The summed E-state index contributed by atoms with van der Waals surface area (Å²) in [6.07, 6.45) is 0.294. The van der Waals surface area contributed by atoms with Gasteiger partial charge in [0.1, 0.15) is 22.8 Å². The zero-order valence-electron chi connectivity index (χ0n) is 19.7. The molecule has 0 spiro atoms. The number of phenols is 1. The van der Waals surface area contributed by atoms with Gasteiger partial charge in [-0.2, -0.15) is 0 Å². The minimum atomic E-state index is -2.64. The fraction of sp³-hybridized carbons (Fsp3) is 0.296. The SMILES string of the molecule is CN(C)[C@@H]1C(O)=C(C(N)=O)C(=O)[C@@]2(O)C(O)=C3C(=O)c4c(O)ccc(-c5ccccc5)c4C[C@H]3C[C@@H]12. The lowest BCUT2D eigenvalue weighted by atomic mass is 9.58. The highest BCUT2D eigenvalue weighted by Gasteiger charge is 2.63. The van der Waals surface area contributed by atoms with Gasteiger partial charge in [0.05, 0.1) is 11.6 Å². The van der Waals surface area contributed by atoms with Crippen LogP contribution in [0.5, 0.6) is 5.75 Å². The minimum absolute atomic E-state index is 0.00265. The van der Waals surface area contributed by atoms with Crippen LogP contribution in [0.25, 0.3) is 11.1 Å². The first-order valence-corrected chi connectivity index (χ1v) is 11.5. The number of allylic oxidation sites excluding steroid dienone is 1. The van der Waals surface area contributed by atoms with Crippen LogP contribution in [0.4, 0.5) is 0 Å². The second kappa shape index (κ2) is 8.04. The molecule has 0 aliphatic heterocycles. The van der Waals surface area contributed by atoms with Crippen LogP contribution in [-0.4, -0.2) is 68.5 Å². The quantitative estimate of drug-likeness (QED) is 0.407. The standard InChI is InChI=1S/C27H26N2O7/c1-29(2)21-16-11-13-10-15-14(12-6-4-3-5-7-12)8-9-17(30)19(15)22(31)18(13)24(33)27(16,36)25(34)20(23(21)32)26(28)35/h3-9,13,16,21,30,32-33,36H,10-11H2,1-2H3,(H2,28,35)/t13-,16-,21-,27-/m0/s1. The van der Waals surface area contributed by atoms with E-state index in [1.165, 1.54) is 11.0 Å². The largest absolute Gasteiger partial charge is 0.510 e. The molecule has 2 aromatic carbocycles. The van der Waals surface area contributed by atoms with Crippen molar-refractivity contribution in [2.45, 2.75) is 24.5 Å². The molecule has 6 N–H and O–H groups in total. The molecule has 186 valence electrons. The number of fused-ring (bicyclic) bond motifs is 3. The highest BCUT2D eigenvalue weighted by atomic mass is 16.3. The van der Waals surface area contributed by atoms with E-state index < -0.39 is 58.0 Å². The lowest BCUT2D eigenvalue weighted by Crippen LogP contribution is -2.63. The van der Waals surface area contributed by atoms with Gasteiger partial charge in [-0.25, -0.2) is 0 Å². The highest BCUT2D eigenvalue weighted by Crippen LogP contribution is 2.53. The van der Waals surface area contributed by atoms with Crippen LogP contribution in [0.15, 0.2) is 65.1 Å². The molecule has 3 aliphatic carbocycles. The first-order chi connectivity index (χ1) is 17.0. The highest BCUT2D eigenvalue weighted by molar-refractivity contribution is 6.24. The number of likely N-dealkylation sites (N-methyl/N-ethyl adjacent to an activating group) is 1. The molecule has 0 saturated carbocycles. The van der Waals surface area contributed by atoms with Crippen LogP contribution < -0.4 is 5.73 Å². The van der Waals surface area contributed by atoms with Crippen molar-refractivity contribution < 1.29 is 34.8 Å². The van der Waals surface area contributed by atoms with Crippen molar-refractivity contribution in [3.63, 3.8) is 0 Å². The number of carbonyl (C=O) groups excluding carboxylic acids is 3. The van der Waals surface area contributed by atoms with E-state index in [1.54, 1.807) is 20.2 Å². The molecule has 0 radical (unpaired) electrons. The molecule has 9 heteroatoms. The second-order valence-corrected chi connectivity index (χ2v) is 9.81. The average molecular weight is 491 g/mol. The number of ketones is 2. The van der Waals surface area contributed by atoms with Gasteiger partial charge in [0, 0.05) is 11.5 Å². The number of aromatic hydroxyl groups is 1.